The van der Waals surface area contributed by atoms with E-state index in [1.54, 1.807) is 0 Å². The van der Waals surface area contributed by atoms with Crippen LogP contribution < -0.4 is 11.1 Å². The van der Waals surface area contributed by atoms with E-state index in [0.717, 1.165) is 12.1 Å². The molecular weight excluding hydrogens is 286 g/mol. The van der Waals surface area contributed by atoms with Crippen LogP contribution in [0.4, 0.5) is 0 Å². The molecule has 3 N–H and O–H groups in total. The number of benzene rings is 1. The van der Waals surface area contributed by atoms with Crippen molar-refractivity contribution in [3.63, 3.8) is 0 Å². The Kier molecular flexibility index (Phi) is 6.19. The van der Waals surface area contributed by atoms with Crippen molar-refractivity contribution in [2.45, 2.75) is 59.2 Å². The topological polar surface area (TPSA) is 58.4 Å². The molecule has 1 atom stereocenters. The maximum absolute atomic E-state index is 12.0. The van der Waals surface area contributed by atoms with E-state index in [-0.39, 0.29) is 11.3 Å². The molecule has 4 nitrogen and oxygen atoms in total. The average Bonchev–Trinajstić information content (AvgIpc) is 2.53. The molecule has 1 heterocycles. The number of nitrogens with zero attached hydrogens (tertiary/aromatic N) is 1. The molecule has 1 aliphatic heterocycles. The Balaban J connectivity index is 1.81. The summed E-state index contributed by atoms with van der Waals surface area (Å²) in [6.45, 7) is 9.92. The van der Waals surface area contributed by atoms with Gasteiger partial charge in [-0.05, 0) is 42.5 Å². The Labute approximate surface area is 140 Å². The van der Waals surface area contributed by atoms with Gasteiger partial charge < -0.3 is 11.1 Å². The van der Waals surface area contributed by atoms with Gasteiger partial charge >= 0.3 is 0 Å². The van der Waals surface area contributed by atoms with E-state index in [0.29, 0.717) is 6.54 Å². The molecule has 23 heavy (non-hydrogen) atoms. The molecule has 1 aromatic carbocycles. The molecule has 4 heteroatoms. The maximum atomic E-state index is 12.0. The predicted molar refractivity (Wildman–Crippen MR) is 94.8 cm³/mol. The highest BCUT2D eigenvalue weighted by atomic mass is 16.2. The minimum atomic E-state index is -0.485. The second-order valence-electron chi connectivity index (χ2n) is 7.71. The first-order chi connectivity index (χ1) is 10.9. The van der Waals surface area contributed by atoms with Gasteiger partial charge in [0.05, 0.1) is 6.04 Å². The van der Waals surface area contributed by atoms with Crippen LogP contribution in [0.15, 0.2) is 24.3 Å². The van der Waals surface area contributed by atoms with E-state index in [2.05, 4.69) is 34.5 Å². The van der Waals surface area contributed by atoms with Gasteiger partial charge in [-0.25, -0.2) is 0 Å². The van der Waals surface area contributed by atoms with Crippen molar-refractivity contribution in [2.75, 3.05) is 13.1 Å². The van der Waals surface area contributed by atoms with Crippen LogP contribution in [0.2, 0.25) is 0 Å². The zero-order valence-electron chi connectivity index (χ0n) is 14.8. The van der Waals surface area contributed by atoms with Crippen molar-refractivity contribution in [3.05, 3.63) is 35.4 Å². The van der Waals surface area contributed by atoms with Gasteiger partial charge in [-0.15, -0.1) is 0 Å². The lowest BCUT2D eigenvalue weighted by Gasteiger charge is -2.26. The van der Waals surface area contributed by atoms with Crippen molar-refractivity contribution >= 4 is 5.91 Å². The minimum absolute atomic E-state index is 0.0881. The highest BCUT2D eigenvalue weighted by Crippen LogP contribution is 2.17. The third-order valence-electron chi connectivity index (χ3n) is 4.56. The number of amides is 1. The molecule has 1 aromatic rings. The van der Waals surface area contributed by atoms with Gasteiger partial charge in [-0.2, -0.15) is 0 Å². The number of likely N-dealkylation sites (tertiary alicyclic amines) is 1. The Bertz CT molecular complexity index is 498. The van der Waals surface area contributed by atoms with Crippen LogP contribution >= 0.6 is 0 Å². The lowest BCUT2D eigenvalue weighted by Crippen LogP contribution is -2.48. The monoisotopic (exact) mass is 317 g/mol. The predicted octanol–water partition coefficient (Wildman–Crippen LogP) is 2.66. The molecule has 1 aliphatic rings. The summed E-state index contributed by atoms with van der Waals surface area (Å²) < 4.78 is 0. The fourth-order valence-electron chi connectivity index (χ4n) is 2.83. The van der Waals surface area contributed by atoms with Crippen molar-refractivity contribution in [1.29, 1.82) is 0 Å². The van der Waals surface area contributed by atoms with E-state index in [1.165, 1.54) is 37.9 Å². The van der Waals surface area contributed by atoms with Crippen LogP contribution in [-0.4, -0.2) is 29.9 Å². The van der Waals surface area contributed by atoms with Crippen LogP contribution in [0.1, 0.15) is 51.2 Å². The molecule has 0 radical (unpaired) electrons. The molecule has 2 rings (SSSR count). The summed E-state index contributed by atoms with van der Waals surface area (Å²) in [7, 11) is 0. The molecule has 1 amide bonds. The number of carbonyl (C=O) groups excluding carboxylic acids is 1. The van der Waals surface area contributed by atoms with Gasteiger partial charge in [-0.3, -0.25) is 9.69 Å². The van der Waals surface area contributed by atoms with Gasteiger partial charge in [0.25, 0.3) is 0 Å². The Morgan fingerprint density at radius 1 is 1.13 bits per heavy atom. The van der Waals surface area contributed by atoms with E-state index in [4.69, 9.17) is 5.73 Å². The van der Waals surface area contributed by atoms with Crippen molar-refractivity contribution in [1.82, 2.24) is 10.2 Å². The highest BCUT2D eigenvalue weighted by Gasteiger charge is 2.27. The normalized spacial score (nSPS) is 17.7. The number of piperidine rings is 1. The van der Waals surface area contributed by atoms with Gasteiger partial charge in [-0.1, -0.05) is 51.5 Å². The first-order valence-electron chi connectivity index (χ1n) is 8.70. The fourth-order valence-corrected chi connectivity index (χ4v) is 2.83. The zero-order valence-corrected chi connectivity index (χ0v) is 14.8. The van der Waals surface area contributed by atoms with Crippen LogP contribution in [0, 0.1) is 5.41 Å². The van der Waals surface area contributed by atoms with Gasteiger partial charge in [0, 0.05) is 13.1 Å². The Morgan fingerprint density at radius 3 is 2.26 bits per heavy atom. The number of hydrogen-bond donors (Lipinski definition) is 2. The summed E-state index contributed by atoms with van der Waals surface area (Å²) in [6, 6.07) is 8.05. The smallest absolute Gasteiger partial charge is 0.237 e. The molecule has 0 spiro atoms. The van der Waals surface area contributed by atoms with Crippen molar-refractivity contribution in [2.24, 2.45) is 11.1 Å². The number of rotatable bonds is 5. The summed E-state index contributed by atoms with van der Waals surface area (Å²) in [6.07, 6.45) is 4.00. The second-order valence-corrected chi connectivity index (χ2v) is 7.71. The second kappa shape index (κ2) is 7.93. The van der Waals surface area contributed by atoms with E-state index >= 15 is 0 Å². The van der Waals surface area contributed by atoms with Crippen LogP contribution in [0.3, 0.4) is 0 Å². The summed E-state index contributed by atoms with van der Waals surface area (Å²) >= 11 is 0. The third kappa shape index (κ3) is 5.63. The number of nitrogens with one attached hydrogen (secondary N) is 1. The van der Waals surface area contributed by atoms with Crippen molar-refractivity contribution in [3.8, 4) is 0 Å². The maximum Gasteiger partial charge on any atom is 0.237 e. The average molecular weight is 317 g/mol. The molecule has 0 unspecified atom stereocenters. The van der Waals surface area contributed by atoms with Gasteiger partial charge in [0.2, 0.25) is 5.91 Å². The third-order valence-corrected chi connectivity index (χ3v) is 4.56. The zero-order chi connectivity index (χ0) is 16.9. The van der Waals surface area contributed by atoms with Crippen LogP contribution in [-0.2, 0) is 17.9 Å². The summed E-state index contributed by atoms with van der Waals surface area (Å²) in [5.74, 6) is -0.0881. The first kappa shape index (κ1) is 18.0. The minimum Gasteiger partial charge on any atom is -0.351 e. The SMILES string of the molecule is CC(C)(C)[C@H](N)C(=O)NCc1ccc(CN2CCCCC2)cc1. The molecule has 0 saturated carbocycles. The van der Waals surface area contributed by atoms with Gasteiger partial charge in [0.15, 0.2) is 0 Å². The van der Waals surface area contributed by atoms with Gasteiger partial charge in [0.1, 0.15) is 0 Å². The van der Waals surface area contributed by atoms with Crippen LogP contribution in [0.25, 0.3) is 0 Å². The molecule has 1 saturated heterocycles. The molecule has 1 fully saturated rings. The summed E-state index contributed by atoms with van der Waals surface area (Å²) in [5.41, 5.74) is 8.20. The van der Waals surface area contributed by atoms with E-state index in [1.807, 2.05) is 20.8 Å². The Morgan fingerprint density at radius 2 is 1.70 bits per heavy atom. The molecule has 128 valence electrons. The lowest BCUT2D eigenvalue weighted by atomic mass is 9.87. The lowest BCUT2D eigenvalue weighted by molar-refractivity contribution is -0.124. The largest absolute Gasteiger partial charge is 0.351 e. The molecule has 0 aromatic heterocycles. The molecular formula is C19H31N3O. The molecule has 0 aliphatic carbocycles. The van der Waals surface area contributed by atoms with Crippen molar-refractivity contribution < 1.29 is 4.79 Å². The number of carbonyl (C=O) groups is 1. The number of hydrogen-bond acceptors (Lipinski definition) is 3. The summed E-state index contributed by atoms with van der Waals surface area (Å²) in [5, 5.41) is 2.93. The highest BCUT2D eigenvalue weighted by molar-refractivity contribution is 5.82. The Hall–Kier alpha value is -1.39. The molecule has 0 bridgehead atoms. The fraction of sp³-hybridized carbons (Fsp3) is 0.632. The van der Waals surface area contributed by atoms with E-state index < -0.39 is 6.04 Å². The number of nitrogens with two attached hydrogens (primary N) is 1. The standard InChI is InChI=1S/C19H31N3O/c1-19(2,3)17(20)18(23)21-13-15-7-9-16(10-8-15)14-22-11-5-4-6-12-22/h7-10,17H,4-6,11-14,20H2,1-3H3,(H,21,23)/t17-/m1/s1. The van der Waals surface area contributed by atoms with Crippen LogP contribution in [0.5, 0.6) is 0 Å². The summed E-state index contributed by atoms with van der Waals surface area (Å²) in [4.78, 5) is 14.6. The quantitative estimate of drug-likeness (QED) is 0.878. The first-order valence-corrected chi connectivity index (χ1v) is 8.70. The van der Waals surface area contributed by atoms with E-state index in [9.17, 15) is 4.79 Å².